The lowest BCUT2D eigenvalue weighted by Crippen LogP contribution is -2.32. The van der Waals surface area contributed by atoms with Crippen LogP contribution in [0.3, 0.4) is 0 Å². The first kappa shape index (κ1) is 12.7. The fraction of sp³-hybridized carbons (Fsp3) is 0.235. The first-order chi connectivity index (χ1) is 9.81. The van der Waals surface area contributed by atoms with Gasteiger partial charge in [-0.25, -0.2) is 0 Å². The quantitative estimate of drug-likeness (QED) is 0.927. The Balaban J connectivity index is 1.86. The van der Waals surface area contributed by atoms with Gasteiger partial charge in [-0.1, -0.05) is 24.3 Å². The molecule has 0 fully saturated rings. The Kier molecular flexibility index (Phi) is 3.41. The van der Waals surface area contributed by atoms with E-state index >= 15 is 0 Å². The number of nitriles is 1. The fourth-order valence-corrected chi connectivity index (χ4v) is 2.71. The topological polar surface area (TPSA) is 45.0 Å². The van der Waals surface area contributed by atoms with Gasteiger partial charge in [0.15, 0.2) is 0 Å². The Bertz CT molecular complexity index is 643. The third-order valence-electron chi connectivity index (χ3n) is 3.78. The molecule has 0 bridgehead atoms. The van der Waals surface area contributed by atoms with E-state index in [1.807, 2.05) is 25.2 Å². The maximum absolute atomic E-state index is 8.82. The number of nitrogens with zero attached hydrogens (tertiary/aromatic N) is 1. The van der Waals surface area contributed by atoms with Gasteiger partial charge in [0.2, 0.25) is 0 Å². The largest absolute Gasteiger partial charge is 0.484 e. The number of hydrogen-bond acceptors (Lipinski definition) is 3. The summed E-state index contributed by atoms with van der Waals surface area (Å²) in [5, 5.41) is 12.1. The van der Waals surface area contributed by atoms with E-state index in [0.29, 0.717) is 5.56 Å². The molecule has 100 valence electrons. The SMILES string of the molecule is CN[C@H]1Cc2ccccc2[C@H]1Oc1ccc(C#N)cc1. The standard InChI is InChI=1S/C17H16N2O/c1-19-16-10-13-4-2-3-5-15(13)17(16)20-14-8-6-12(11-18)7-9-14/h2-9,16-17,19H,10H2,1H3/t16-,17+/m0/s1. The summed E-state index contributed by atoms with van der Waals surface area (Å²) >= 11 is 0. The van der Waals surface area contributed by atoms with Crippen molar-refractivity contribution in [2.24, 2.45) is 0 Å². The van der Waals surface area contributed by atoms with E-state index < -0.39 is 0 Å². The maximum Gasteiger partial charge on any atom is 0.140 e. The predicted molar refractivity (Wildman–Crippen MR) is 77.5 cm³/mol. The molecule has 1 aliphatic carbocycles. The first-order valence-electron chi connectivity index (χ1n) is 6.73. The van der Waals surface area contributed by atoms with Crippen molar-refractivity contribution in [1.29, 1.82) is 5.26 Å². The van der Waals surface area contributed by atoms with Crippen LogP contribution < -0.4 is 10.1 Å². The third kappa shape index (κ3) is 2.26. The number of rotatable bonds is 3. The van der Waals surface area contributed by atoms with Gasteiger partial charge in [0.25, 0.3) is 0 Å². The van der Waals surface area contributed by atoms with Crippen molar-refractivity contribution in [1.82, 2.24) is 5.32 Å². The predicted octanol–water partition coefficient (Wildman–Crippen LogP) is 2.82. The van der Waals surface area contributed by atoms with Crippen LogP contribution in [-0.2, 0) is 6.42 Å². The van der Waals surface area contributed by atoms with Crippen molar-refractivity contribution < 1.29 is 4.74 Å². The molecule has 1 N–H and O–H groups in total. The Hall–Kier alpha value is -2.31. The second-order valence-corrected chi connectivity index (χ2v) is 4.97. The number of ether oxygens (including phenoxy) is 1. The monoisotopic (exact) mass is 264 g/mol. The van der Waals surface area contributed by atoms with E-state index in [1.165, 1.54) is 11.1 Å². The molecule has 0 saturated heterocycles. The van der Waals surface area contributed by atoms with Crippen molar-refractivity contribution >= 4 is 0 Å². The van der Waals surface area contributed by atoms with E-state index in [1.54, 1.807) is 12.1 Å². The molecule has 0 amide bonds. The smallest absolute Gasteiger partial charge is 0.140 e. The second-order valence-electron chi connectivity index (χ2n) is 4.97. The summed E-state index contributed by atoms with van der Waals surface area (Å²) in [5.74, 6) is 0.797. The van der Waals surface area contributed by atoms with Gasteiger partial charge in [-0.15, -0.1) is 0 Å². The maximum atomic E-state index is 8.82. The van der Waals surface area contributed by atoms with E-state index in [9.17, 15) is 0 Å². The van der Waals surface area contributed by atoms with E-state index in [-0.39, 0.29) is 12.1 Å². The molecule has 0 heterocycles. The van der Waals surface area contributed by atoms with E-state index in [2.05, 4.69) is 29.6 Å². The van der Waals surface area contributed by atoms with Crippen molar-refractivity contribution in [2.75, 3.05) is 7.05 Å². The van der Waals surface area contributed by atoms with Gasteiger partial charge in [0, 0.05) is 0 Å². The molecule has 1 aliphatic rings. The summed E-state index contributed by atoms with van der Waals surface area (Å²) in [6.45, 7) is 0. The number of benzene rings is 2. The molecular weight excluding hydrogens is 248 g/mol. The number of hydrogen-bond donors (Lipinski definition) is 1. The molecule has 0 unspecified atom stereocenters. The Morgan fingerprint density at radius 1 is 1.15 bits per heavy atom. The molecule has 20 heavy (non-hydrogen) atoms. The highest BCUT2D eigenvalue weighted by molar-refractivity contribution is 5.39. The van der Waals surface area contributed by atoms with Crippen LogP contribution in [0.25, 0.3) is 0 Å². The summed E-state index contributed by atoms with van der Waals surface area (Å²) in [6.07, 6.45) is 0.997. The molecule has 2 aromatic rings. The van der Waals surface area contributed by atoms with Crippen molar-refractivity contribution in [3.05, 3.63) is 65.2 Å². The molecule has 0 spiro atoms. The zero-order valence-corrected chi connectivity index (χ0v) is 11.3. The van der Waals surface area contributed by atoms with Crippen LogP contribution in [0.4, 0.5) is 0 Å². The highest BCUT2D eigenvalue weighted by Gasteiger charge is 2.32. The van der Waals surface area contributed by atoms with Crippen LogP contribution in [0.2, 0.25) is 0 Å². The van der Waals surface area contributed by atoms with Gasteiger partial charge < -0.3 is 10.1 Å². The molecule has 0 saturated carbocycles. The summed E-state index contributed by atoms with van der Waals surface area (Å²) in [6, 6.07) is 18.1. The minimum atomic E-state index is 0.0177. The van der Waals surface area contributed by atoms with Crippen molar-refractivity contribution in [2.45, 2.75) is 18.6 Å². The van der Waals surface area contributed by atoms with Crippen LogP contribution >= 0.6 is 0 Å². The average molecular weight is 264 g/mol. The van der Waals surface area contributed by atoms with Gasteiger partial charge in [0.1, 0.15) is 11.9 Å². The molecule has 3 heteroatoms. The molecule has 2 aromatic carbocycles. The number of nitrogens with one attached hydrogen (secondary N) is 1. The lowest BCUT2D eigenvalue weighted by atomic mass is 10.1. The molecule has 3 rings (SSSR count). The zero-order valence-electron chi connectivity index (χ0n) is 11.3. The van der Waals surface area contributed by atoms with Crippen LogP contribution in [0.5, 0.6) is 5.75 Å². The second kappa shape index (κ2) is 5.36. The number of likely N-dealkylation sites (N-methyl/N-ethyl adjacent to an activating group) is 1. The third-order valence-corrected chi connectivity index (χ3v) is 3.78. The molecule has 0 aromatic heterocycles. The van der Waals surface area contributed by atoms with Gasteiger partial charge in [-0.05, 0) is 48.9 Å². The number of fused-ring (bicyclic) bond motifs is 1. The first-order valence-corrected chi connectivity index (χ1v) is 6.73. The Morgan fingerprint density at radius 3 is 2.60 bits per heavy atom. The van der Waals surface area contributed by atoms with Crippen molar-refractivity contribution in [3.63, 3.8) is 0 Å². The summed E-state index contributed by atoms with van der Waals surface area (Å²) in [4.78, 5) is 0. The lowest BCUT2D eigenvalue weighted by molar-refractivity contribution is 0.172. The average Bonchev–Trinajstić information content (AvgIpc) is 2.86. The van der Waals surface area contributed by atoms with E-state index in [0.717, 1.165) is 12.2 Å². The highest BCUT2D eigenvalue weighted by Crippen LogP contribution is 2.35. The zero-order chi connectivity index (χ0) is 13.9. The summed E-state index contributed by atoms with van der Waals surface area (Å²) in [7, 11) is 1.96. The molecule has 0 aliphatic heterocycles. The molecular formula is C17H16N2O. The van der Waals surface area contributed by atoms with Crippen LogP contribution in [0.15, 0.2) is 48.5 Å². The van der Waals surface area contributed by atoms with Gasteiger partial charge in [0.05, 0.1) is 17.7 Å². The fourth-order valence-electron chi connectivity index (χ4n) is 2.71. The minimum Gasteiger partial charge on any atom is -0.484 e. The van der Waals surface area contributed by atoms with Crippen molar-refractivity contribution in [3.8, 4) is 11.8 Å². The highest BCUT2D eigenvalue weighted by atomic mass is 16.5. The van der Waals surface area contributed by atoms with Gasteiger partial charge >= 0.3 is 0 Å². The van der Waals surface area contributed by atoms with Crippen LogP contribution in [0, 0.1) is 11.3 Å². The molecule has 0 radical (unpaired) electrons. The summed E-state index contributed by atoms with van der Waals surface area (Å²) in [5.41, 5.74) is 3.23. The Morgan fingerprint density at radius 2 is 1.90 bits per heavy atom. The van der Waals surface area contributed by atoms with Gasteiger partial charge in [-0.3, -0.25) is 0 Å². The van der Waals surface area contributed by atoms with Gasteiger partial charge in [-0.2, -0.15) is 5.26 Å². The normalized spacial score (nSPS) is 20.2. The lowest BCUT2D eigenvalue weighted by Gasteiger charge is -2.21. The van der Waals surface area contributed by atoms with Crippen LogP contribution in [-0.4, -0.2) is 13.1 Å². The Labute approximate surface area is 118 Å². The summed E-state index contributed by atoms with van der Waals surface area (Å²) < 4.78 is 6.13. The minimum absolute atomic E-state index is 0.0177. The van der Waals surface area contributed by atoms with E-state index in [4.69, 9.17) is 10.00 Å². The van der Waals surface area contributed by atoms with Crippen LogP contribution in [0.1, 0.15) is 22.8 Å². The molecule has 2 atom stereocenters. The molecule has 3 nitrogen and oxygen atoms in total.